The molecule has 0 saturated heterocycles. The van der Waals surface area contributed by atoms with Gasteiger partial charge < -0.3 is 0 Å². The number of imidazole rings is 1. The molecule has 0 bridgehead atoms. The number of nitrogens with zero attached hydrogens (tertiary/aromatic N) is 4. The lowest BCUT2D eigenvalue weighted by atomic mass is 9.97. The van der Waals surface area contributed by atoms with Crippen molar-refractivity contribution in [3.05, 3.63) is 158 Å². The van der Waals surface area contributed by atoms with Crippen LogP contribution < -0.4 is 0 Å². The molecule has 0 atom stereocenters. The fourth-order valence-corrected chi connectivity index (χ4v) is 7.23. The van der Waals surface area contributed by atoms with Gasteiger partial charge in [0.1, 0.15) is 5.65 Å². The highest BCUT2D eigenvalue weighted by Crippen LogP contribution is 2.39. The average Bonchev–Trinajstić information content (AvgIpc) is 3.54. The second-order valence-electron chi connectivity index (χ2n) is 12.1. The molecule has 0 saturated carbocycles. The van der Waals surface area contributed by atoms with Gasteiger partial charge in [0.25, 0.3) is 0 Å². The van der Waals surface area contributed by atoms with Crippen LogP contribution in [-0.2, 0) is 0 Å². The number of pyridine rings is 1. The summed E-state index contributed by atoms with van der Waals surface area (Å²) in [6, 6.07) is 53.4. The first kappa shape index (κ1) is 25.9. The molecular formula is C43H26N4. The summed E-state index contributed by atoms with van der Waals surface area (Å²) in [6.45, 7) is 0. The van der Waals surface area contributed by atoms with Crippen LogP contribution in [0.25, 0.3) is 93.7 Å². The van der Waals surface area contributed by atoms with Crippen LogP contribution >= 0.6 is 0 Å². The molecule has 4 heteroatoms. The van der Waals surface area contributed by atoms with E-state index in [0.29, 0.717) is 5.82 Å². The average molecular weight is 599 g/mol. The van der Waals surface area contributed by atoms with Crippen molar-refractivity contribution >= 4 is 59.8 Å². The minimum atomic E-state index is 0.697. The summed E-state index contributed by atoms with van der Waals surface area (Å²) in [5.74, 6) is 0.697. The van der Waals surface area contributed by atoms with E-state index in [1.165, 1.54) is 26.9 Å². The first-order valence-electron chi connectivity index (χ1n) is 15.9. The summed E-state index contributed by atoms with van der Waals surface area (Å²) in [7, 11) is 0. The molecule has 0 N–H and O–H groups in total. The fourth-order valence-electron chi connectivity index (χ4n) is 7.23. The van der Waals surface area contributed by atoms with Crippen LogP contribution in [0.1, 0.15) is 0 Å². The Bertz CT molecular complexity index is 2760. The Morgan fingerprint density at radius 1 is 0.404 bits per heavy atom. The molecule has 0 aliphatic heterocycles. The molecule has 3 aromatic heterocycles. The Morgan fingerprint density at radius 3 is 1.70 bits per heavy atom. The van der Waals surface area contributed by atoms with Gasteiger partial charge in [-0.2, -0.15) is 0 Å². The van der Waals surface area contributed by atoms with Gasteiger partial charge in [0.2, 0.25) is 0 Å². The molecule has 0 aliphatic carbocycles. The van der Waals surface area contributed by atoms with Gasteiger partial charge >= 0.3 is 0 Å². The Balaban J connectivity index is 1.28. The van der Waals surface area contributed by atoms with Gasteiger partial charge in [-0.15, -0.1) is 0 Å². The molecule has 0 spiro atoms. The highest BCUT2D eigenvalue weighted by atomic mass is 15.0. The third-order valence-corrected chi connectivity index (χ3v) is 9.39. The van der Waals surface area contributed by atoms with Crippen molar-refractivity contribution in [3.8, 4) is 33.9 Å². The monoisotopic (exact) mass is 598 g/mol. The molecule has 0 fully saturated rings. The zero-order valence-electron chi connectivity index (χ0n) is 25.3. The molecule has 218 valence electrons. The Labute approximate surface area is 270 Å². The zero-order valence-corrected chi connectivity index (χ0v) is 25.3. The van der Waals surface area contributed by atoms with Crippen molar-refractivity contribution in [1.82, 2.24) is 19.4 Å². The molecule has 0 unspecified atom stereocenters. The van der Waals surface area contributed by atoms with E-state index in [9.17, 15) is 0 Å². The maximum atomic E-state index is 5.29. The van der Waals surface area contributed by atoms with Gasteiger partial charge in [-0.05, 0) is 56.6 Å². The second-order valence-corrected chi connectivity index (χ2v) is 12.1. The Kier molecular flexibility index (Phi) is 5.54. The molecule has 47 heavy (non-hydrogen) atoms. The second kappa shape index (κ2) is 10.1. The van der Waals surface area contributed by atoms with Crippen LogP contribution in [0.4, 0.5) is 0 Å². The topological polar surface area (TPSA) is 43.1 Å². The van der Waals surface area contributed by atoms with Crippen LogP contribution in [0.15, 0.2) is 158 Å². The lowest BCUT2D eigenvalue weighted by molar-refractivity contribution is 1.19. The molecule has 7 aromatic carbocycles. The van der Waals surface area contributed by atoms with Crippen LogP contribution in [0, 0.1) is 0 Å². The van der Waals surface area contributed by atoms with E-state index >= 15 is 0 Å². The third-order valence-electron chi connectivity index (χ3n) is 9.39. The number of aromatic nitrogens is 4. The highest BCUT2D eigenvalue weighted by molar-refractivity contribution is 6.24. The molecule has 10 rings (SSSR count). The molecular weight excluding hydrogens is 573 g/mol. The predicted molar refractivity (Wildman–Crippen MR) is 195 cm³/mol. The maximum Gasteiger partial charge on any atom is 0.160 e. The molecule has 4 nitrogen and oxygen atoms in total. The van der Waals surface area contributed by atoms with E-state index in [1.54, 1.807) is 0 Å². The maximum absolute atomic E-state index is 5.29. The van der Waals surface area contributed by atoms with Crippen molar-refractivity contribution in [2.75, 3.05) is 0 Å². The summed E-state index contributed by atoms with van der Waals surface area (Å²) in [6.07, 6.45) is 2.10. The van der Waals surface area contributed by atoms with E-state index in [1.807, 2.05) is 6.07 Å². The first-order valence-corrected chi connectivity index (χ1v) is 15.9. The zero-order chi connectivity index (χ0) is 30.9. The van der Waals surface area contributed by atoms with Crippen LogP contribution in [0.2, 0.25) is 0 Å². The van der Waals surface area contributed by atoms with Gasteiger partial charge in [0.15, 0.2) is 5.82 Å². The summed E-state index contributed by atoms with van der Waals surface area (Å²) in [5.41, 5.74) is 8.02. The largest absolute Gasteiger partial charge is 0.299 e. The number of rotatable bonds is 3. The summed E-state index contributed by atoms with van der Waals surface area (Å²) < 4.78 is 2.19. The molecule has 0 amide bonds. The fraction of sp³-hybridized carbons (Fsp3) is 0. The van der Waals surface area contributed by atoms with Crippen molar-refractivity contribution in [3.63, 3.8) is 0 Å². The van der Waals surface area contributed by atoms with Crippen molar-refractivity contribution < 1.29 is 0 Å². The van der Waals surface area contributed by atoms with E-state index in [2.05, 4.69) is 156 Å². The minimum absolute atomic E-state index is 0.697. The third kappa shape index (κ3) is 3.98. The summed E-state index contributed by atoms with van der Waals surface area (Å²) >= 11 is 0. The van der Waals surface area contributed by atoms with E-state index in [0.717, 1.165) is 60.9 Å². The van der Waals surface area contributed by atoms with Crippen LogP contribution in [0.5, 0.6) is 0 Å². The van der Waals surface area contributed by atoms with Crippen molar-refractivity contribution in [2.45, 2.75) is 0 Å². The van der Waals surface area contributed by atoms with Gasteiger partial charge in [-0.3, -0.25) is 4.40 Å². The first-order chi connectivity index (χ1) is 23.3. The quantitative estimate of drug-likeness (QED) is 0.190. The van der Waals surface area contributed by atoms with Gasteiger partial charge in [-0.25, -0.2) is 15.0 Å². The van der Waals surface area contributed by atoms with Gasteiger partial charge in [0, 0.05) is 33.7 Å². The predicted octanol–water partition coefficient (Wildman–Crippen LogP) is 10.9. The summed E-state index contributed by atoms with van der Waals surface area (Å²) in [5, 5.41) is 9.32. The molecule has 3 heterocycles. The minimum Gasteiger partial charge on any atom is -0.299 e. The summed E-state index contributed by atoms with van der Waals surface area (Å²) in [4.78, 5) is 15.6. The number of hydrogen-bond acceptors (Lipinski definition) is 3. The number of benzene rings is 7. The lowest BCUT2D eigenvalue weighted by Gasteiger charge is -2.13. The Hall–Kier alpha value is -6.39. The SMILES string of the molecule is c1ccc2c(-c3cc(-c4cccc5ccccc45)nc(-c4ccc5c(c4)c4ccccc4c4nc6ccccn6c54)n3)cccc2c1. The van der Waals surface area contributed by atoms with Crippen LogP contribution in [0.3, 0.4) is 0 Å². The van der Waals surface area contributed by atoms with E-state index in [4.69, 9.17) is 15.0 Å². The van der Waals surface area contributed by atoms with Crippen molar-refractivity contribution in [2.24, 2.45) is 0 Å². The number of fused-ring (bicyclic) bond motifs is 10. The van der Waals surface area contributed by atoms with Gasteiger partial charge in [-0.1, -0.05) is 127 Å². The van der Waals surface area contributed by atoms with Crippen LogP contribution in [-0.4, -0.2) is 19.4 Å². The lowest BCUT2D eigenvalue weighted by Crippen LogP contribution is -1.97. The molecule has 0 aliphatic rings. The smallest absolute Gasteiger partial charge is 0.160 e. The van der Waals surface area contributed by atoms with E-state index < -0.39 is 0 Å². The number of hydrogen-bond donors (Lipinski definition) is 0. The standard InChI is InChI=1S/C43H26N4/c1-3-15-30-27(11-1)13-9-19-33(30)38-26-39(34-20-10-14-28-12-2-4-16-31(28)34)45-43(44-38)29-22-23-36-37(25-29)32-17-5-6-18-35(32)41-42(36)47-24-8-7-21-40(47)46-41/h1-26H. The molecule has 0 radical (unpaired) electrons. The highest BCUT2D eigenvalue weighted by Gasteiger charge is 2.18. The Morgan fingerprint density at radius 2 is 1.00 bits per heavy atom. The van der Waals surface area contributed by atoms with E-state index in [-0.39, 0.29) is 0 Å². The normalized spacial score (nSPS) is 11.8. The molecule has 10 aromatic rings. The van der Waals surface area contributed by atoms with Gasteiger partial charge in [0.05, 0.1) is 22.4 Å². The van der Waals surface area contributed by atoms with Crippen molar-refractivity contribution in [1.29, 1.82) is 0 Å².